The fourth-order valence-corrected chi connectivity index (χ4v) is 2.59. The SMILES string of the molecule is C[C@@H](NC(=O)/C=C/c1ccc(OCc2cccnc2)cc1)c1ccc(F)cc1. The largest absolute Gasteiger partial charge is 0.489 e. The van der Waals surface area contributed by atoms with Crippen LogP contribution in [0.5, 0.6) is 5.75 Å². The van der Waals surface area contributed by atoms with Gasteiger partial charge in [0.25, 0.3) is 0 Å². The van der Waals surface area contributed by atoms with Gasteiger partial charge in [0, 0.05) is 24.0 Å². The Bertz CT molecular complexity index is 923. The predicted molar refractivity (Wildman–Crippen MR) is 107 cm³/mol. The molecule has 0 saturated carbocycles. The lowest BCUT2D eigenvalue weighted by Crippen LogP contribution is -2.24. The van der Waals surface area contributed by atoms with Crippen molar-refractivity contribution in [2.24, 2.45) is 0 Å². The molecule has 0 aliphatic rings. The van der Waals surface area contributed by atoms with Crippen LogP contribution in [0.15, 0.2) is 79.1 Å². The first kappa shape index (κ1) is 19.3. The van der Waals surface area contributed by atoms with Gasteiger partial charge in [-0.15, -0.1) is 0 Å². The zero-order valence-electron chi connectivity index (χ0n) is 15.5. The van der Waals surface area contributed by atoms with Crippen LogP contribution in [0.3, 0.4) is 0 Å². The maximum absolute atomic E-state index is 13.0. The summed E-state index contributed by atoms with van der Waals surface area (Å²) < 4.78 is 18.7. The molecule has 0 aliphatic carbocycles. The fourth-order valence-electron chi connectivity index (χ4n) is 2.59. The predicted octanol–water partition coefficient (Wildman–Crippen LogP) is 4.69. The zero-order valence-corrected chi connectivity index (χ0v) is 15.5. The standard InChI is InChI=1S/C23H21FN2O2/c1-17(20-7-9-21(24)10-8-20)26-23(27)13-6-18-4-11-22(12-5-18)28-16-19-3-2-14-25-15-19/h2-15,17H,16H2,1H3,(H,26,27)/b13-6+/t17-/m1/s1. The summed E-state index contributed by atoms with van der Waals surface area (Å²) in [6.07, 6.45) is 6.70. The lowest BCUT2D eigenvalue weighted by Gasteiger charge is -2.12. The summed E-state index contributed by atoms with van der Waals surface area (Å²) in [7, 11) is 0. The number of pyridine rings is 1. The average molecular weight is 376 g/mol. The van der Waals surface area contributed by atoms with Gasteiger partial charge < -0.3 is 10.1 Å². The zero-order chi connectivity index (χ0) is 19.8. The molecule has 28 heavy (non-hydrogen) atoms. The maximum atomic E-state index is 13.0. The number of halogens is 1. The second kappa shape index (κ2) is 9.46. The van der Waals surface area contributed by atoms with Gasteiger partial charge in [0.2, 0.25) is 5.91 Å². The molecule has 0 radical (unpaired) electrons. The molecule has 1 amide bonds. The molecule has 1 atom stereocenters. The quantitative estimate of drug-likeness (QED) is 0.609. The molecule has 0 spiro atoms. The van der Waals surface area contributed by atoms with Crippen LogP contribution >= 0.6 is 0 Å². The van der Waals surface area contributed by atoms with Crippen molar-refractivity contribution in [2.45, 2.75) is 19.6 Å². The third kappa shape index (κ3) is 5.77. The van der Waals surface area contributed by atoms with Crippen LogP contribution in [0.25, 0.3) is 6.08 Å². The molecule has 2 aromatic carbocycles. The summed E-state index contributed by atoms with van der Waals surface area (Å²) >= 11 is 0. The van der Waals surface area contributed by atoms with Gasteiger partial charge in [-0.3, -0.25) is 9.78 Å². The van der Waals surface area contributed by atoms with Crippen molar-refractivity contribution < 1.29 is 13.9 Å². The van der Waals surface area contributed by atoms with Crippen molar-refractivity contribution in [3.05, 3.63) is 102 Å². The Balaban J connectivity index is 1.50. The third-order valence-corrected chi connectivity index (χ3v) is 4.16. The first-order valence-corrected chi connectivity index (χ1v) is 8.96. The number of ether oxygens (including phenoxy) is 1. The number of rotatable bonds is 7. The van der Waals surface area contributed by atoms with Crippen LogP contribution in [-0.4, -0.2) is 10.9 Å². The van der Waals surface area contributed by atoms with Crippen molar-refractivity contribution in [3.8, 4) is 5.75 Å². The number of hydrogen-bond acceptors (Lipinski definition) is 3. The van der Waals surface area contributed by atoms with Crippen LogP contribution in [0, 0.1) is 5.82 Å². The van der Waals surface area contributed by atoms with E-state index in [-0.39, 0.29) is 17.8 Å². The Morgan fingerprint density at radius 1 is 1.14 bits per heavy atom. The lowest BCUT2D eigenvalue weighted by atomic mass is 10.1. The molecule has 4 nitrogen and oxygen atoms in total. The second-order valence-corrected chi connectivity index (χ2v) is 6.33. The van der Waals surface area contributed by atoms with Crippen molar-refractivity contribution >= 4 is 12.0 Å². The summed E-state index contributed by atoms with van der Waals surface area (Å²) in [4.78, 5) is 16.1. The Hall–Kier alpha value is -3.47. The summed E-state index contributed by atoms with van der Waals surface area (Å²) in [5, 5.41) is 2.86. The average Bonchev–Trinajstić information content (AvgIpc) is 2.72. The van der Waals surface area contributed by atoms with Crippen molar-refractivity contribution in [3.63, 3.8) is 0 Å². The highest BCUT2D eigenvalue weighted by atomic mass is 19.1. The molecule has 0 bridgehead atoms. The van der Waals surface area contributed by atoms with Gasteiger partial charge >= 0.3 is 0 Å². The first-order valence-electron chi connectivity index (χ1n) is 8.96. The molecule has 0 unspecified atom stereocenters. The van der Waals surface area contributed by atoms with Gasteiger partial charge in [0.15, 0.2) is 0 Å². The molecule has 0 fully saturated rings. The smallest absolute Gasteiger partial charge is 0.244 e. The van der Waals surface area contributed by atoms with Crippen LogP contribution in [-0.2, 0) is 11.4 Å². The topological polar surface area (TPSA) is 51.2 Å². The van der Waals surface area contributed by atoms with Crippen molar-refractivity contribution in [2.75, 3.05) is 0 Å². The van der Waals surface area contributed by atoms with E-state index in [0.29, 0.717) is 6.61 Å². The molecule has 3 rings (SSSR count). The third-order valence-electron chi connectivity index (χ3n) is 4.16. The monoisotopic (exact) mass is 376 g/mol. The number of hydrogen-bond donors (Lipinski definition) is 1. The summed E-state index contributed by atoms with van der Waals surface area (Å²) in [5.41, 5.74) is 2.73. The molecule has 142 valence electrons. The Morgan fingerprint density at radius 3 is 2.57 bits per heavy atom. The Labute approximate surface area is 163 Å². The molecule has 0 aliphatic heterocycles. The van der Waals surface area contributed by atoms with E-state index in [1.807, 2.05) is 43.3 Å². The minimum atomic E-state index is -0.296. The minimum Gasteiger partial charge on any atom is -0.489 e. The first-order chi connectivity index (χ1) is 13.6. The molecule has 0 saturated heterocycles. The molecule has 1 aromatic heterocycles. The van der Waals surface area contributed by atoms with Crippen LogP contribution < -0.4 is 10.1 Å². The Morgan fingerprint density at radius 2 is 1.89 bits per heavy atom. The molecule has 1 N–H and O–H groups in total. The summed E-state index contributed by atoms with van der Waals surface area (Å²) in [6, 6.07) is 17.2. The minimum absolute atomic E-state index is 0.207. The van der Waals surface area contributed by atoms with Gasteiger partial charge in [-0.25, -0.2) is 4.39 Å². The van der Waals surface area contributed by atoms with E-state index < -0.39 is 0 Å². The summed E-state index contributed by atoms with van der Waals surface area (Å²) in [6.45, 7) is 2.31. The van der Waals surface area contributed by atoms with Crippen molar-refractivity contribution in [1.29, 1.82) is 0 Å². The summed E-state index contributed by atoms with van der Waals surface area (Å²) in [5.74, 6) is 0.235. The number of amides is 1. The van der Waals surface area contributed by atoms with Gasteiger partial charge in [-0.2, -0.15) is 0 Å². The normalized spacial score (nSPS) is 11.9. The van der Waals surface area contributed by atoms with Gasteiger partial charge in [0.05, 0.1) is 6.04 Å². The maximum Gasteiger partial charge on any atom is 0.244 e. The number of carbonyl (C=O) groups excluding carboxylic acids is 1. The highest BCUT2D eigenvalue weighted by molar-refractivity contribution is 5.91. The highest BCUT2D eigenvalue weighted by Crippen LogP contribution is 2.16. The highest BCUT2D eigenvalue weighted by Gasteiger charge is 2.07. The fraction of sp³-hybridized carbons (Fsp3) is 0.130. The van der Waals surface area contributed by atoms with E-state index >= 15 is 0 Å². The molecule has 3 aromatic rings. The number of carbonyl (C=O) groups is 1. The Kier molecular flexibility index (Phi) is 6.52. The molecular formula is C23H21FN2O2. The van der Waals surface area contributed by atoms with E-state index in [2.05, 4.69) is 10.3 Å². The number of nitrogens with zero attached hydrogens (tertiary/aromatic N) is 1. The van der Waals surface area contributed by atoms with Crippen LogP contribution in [0.4, 0.5) is 4.39 Å². The van der Waals surface area contributed by atoms with E-state index in [4.69, 9.17) is 4.74 Å². The number of nitrogens with one attached hydrogen (secondary N) is 1. The number of benzene rings is 2. The van der Waals surface area contributed by atoms with Crippen LogP contribution in [0.2, 0.25) is 0 Å². The molecule has 1 heterocycles. The van der Waals surface area contributed by atoms with Crippen LogP contribution in [0.1, 0.15) is 29.7 Å². The van der Waals surface area contributed by atoms with Gasteiger partial charge in [-0.05, 0) is 54.5 Å². The number of aromatic nitrogens is 1. The molecule has 5 heteroatoms. The van der Waals surface area contributed by atoms with Gasteiger partial charge in [0.1, 0.15) is 18.2 Å². The molecular weight excluding hydrogens is 355 g/mol. The van der Waals surface area contributed by atoms with Gasteiger partial charge in [-0.1, -0.05) is 30.3 Å². The second-order valence-electron chi connectivity index (χ2n) is 6.33. The van der Waals surface area contributed by atoms with E-state index in [0.717, 1.165) is 22.4 Å². The van der Waals surface area contributed by atoms with E-state index in [1.54, 1.807) is 30.6 Å². The van der Waals surface area contributed by atoms with Crippen molar-refractivity contribution in [1.82, 2.24) is 10.3 Å². The van der Waals surface area contributed by atoms with E-state index in [1.165, 1.54) is 18.2 Å². The van der Waals surface area contributed by atoms with E-state index in [9.17, 15) is 9.18 Å². The lowest BCUT2D eigenvalue weighted by molar-refractivity contribution is -0.117.